The molecule has 1 spiro atoms. The van der Waals surface area contributed by atoms with Crippen molar-refractivity contribution in [2.24, 2.45) is 17.8 Å². The van der Waals surface area contributed by atoms with Gasteiger partial charge in [-0.1, -0.05) is 56.7 Å². The Labute approximate surface area is 232 Å². The molecule has 2 bridgehead atoms. The second kappa shape index (κ2) is 11.1. The molecule has 1 N–H and O–H groups in total. The Balaban J connectivity index is 1.51. The Morgan fingerprint density at radius 2 is 1.92 bits per heavy atom. The number of carbonyl (C=O) groups is 2. The first-order valence-electron chi connectivity index (χ1n) is 14.7. The van der Waals surface area contributed by atoms with Crippen LogP contribution in [0.1, 0.15) is 79.6 Å². The number of fused-ring (bicyclic) bond motifs is 2. The lowest BCUT2D eigenvalue weighted by atomic mass is 9.71. The van der Waals surface area contributed by atoms with Gasteiger partial charge < -0.3 is 24.1 Å². The minimum atomic E-state index is -1.78. The first kappa shape index (κ1) is 28.5. The van der Waals surface area contributed by atoms with E-state index in [1.807, 2.05) is 6.08 Å². The highest BCUT2D eigenvalue weighted by atomic mass is 16.7. The molecule has 0 unspecified atom stereocenters. The van der Waals surface area contributed by atoms with Crippen molar-refractivity contribution >= 4 is 11.8 Å². The standard InChI is InChI=1S/C32H44O7/c1-6-27-21(4)12-13-31(39-27)17-25-16-24(38-31)11-10-20(3)14-19(2)8-7-9-23-18-36-29-28(33)22(5)15-26(30(34)37-25)32(23,29)35/h7-10,15,19,21,24-27,29,35H,6,11-14,16-18H2,1-5H3/b8-7+,20-10+,23-9+/t19-,21-,24+,25-,26-,27+,29+,31+,32+/m0/s1. The third-order valence-electron chi connectivity index (χ3n) is 9.31. The van der Waals surface area contributed by atoms with E-state index in [0.717, 1.165) is 25.7 Å². The zero-order valence-electron chi connectivity index (χ0n) is 24.0. The van der Waals surface area contributed by atoms with Crippen LogP contribution in [0.3, 0.4) is 0 Å². The Morgan fingerprint density at radius 1 is 1.13 bits per heavy atom. The molecule has 7 nitrogen and oxygen atoms in total. The predicted octanol–water partition coefficient (Wildman–Crippen LogP) is 5.13. The third-order valence-corrected chi connectivity index (χ3v) is 9.31. The molecule has 0 aromatic carbocycles. The van der Waals surface area contributed by atoms with E-state index in [2.05, 4.69) is 39.8 Å². The van der Waals surface area contributed by atoms with Crippen molar-refractivity contribution in [1.82, 2.24) is 0 Å². The fourth-order valence-electron chi connectivity index (χ4n) is 7.07. The highest BCUT2D eigenvalue weighted by Gasteiger charge is 2.60. The monoisotopic (exact) mass is 540 g/mol. The van der Waals surface area contributed by atoms with E-state index in [0.29, 0.717) is 36.3 Å². The zero-order chi connectivity index (χ0) is 27.9. The molecule has 214 valence electrons. The maximum absolute atomic E-state index is 13.8. The fourth-order valence-corrected chi connectivity index (χ4v) is 7.07. The van der Waals surface area contributed by atoms with Crippen molar-refractivity contribution in [3.8, 4) is 0 Å². The van der Waals surface area contributed by atoms with E-state index in [9.17, 15) is 14.7 Å². The highest BCUT2D eigenvalue weighted by Crippen LogP contribution is 2.46. The Bertz CT molecular complexity index is 1100. The number of hydrogen-bond acceptors (Lipinski definition) is 7. The van der Waals surface area contributed by atoms with E-state index in [-0.39, 0.29) is 30.5 Å². The number of allylic oxidation sites excluding steroid dienone is 4. The quantitative estimate of drug-likeness (QED) is 0.364. The van der Waals surface area contributed by atoms with Gasteiger partial charge in [-0.15, -0.1) is 0 Å². The van der Waals surface area contributed by atoms with Crippen LogP contribution in [-0.4, -0.2) is 59.3 Å². The van der Waals surface area contributed by atoms with Gasteiger partial charge in [0.25, 0.3) is 0 Å². The molecule has 0 aromatic heterocycles. The lowest BCUT2D eigenvalue weighted by Gasteiger charge is -2.49. The molecule has 3 saturated heterocycles. The summed E-state index contributed by atoms with van der Waals surface area (Å²) >= 11 is 0. The summed E-state index contributed by atoms with van der Waals surface area (Å²) in [4.78, 5) is 26.8. The number of esters is 1. The van der Waals surface area contributed by atoms with E-state index >= 15 is 0 Å². The summed E-state index contributed by atoms with van der Waals surface area (Å²) in [5.41, 5.74) is 0.421. The van der Waals surface area contributed by atoms with E-state index in [1.54, 1.807) is 19.1 Å². The van der Waals surface area contributed by atoms with Gasteiger partial charge in [0, 0.05) is 19.3 Å². The Morgan fingerprint density at radius 3 is 2.69 bits per heavy atom. The van der Waals surface area contributed by atoms with Gasteiger partial charge in [0.15, 0.2) is 17.7 Å². The van der Waals surface area contributed by atoms with Crippen LogP contribution < -0.4 is 0 Å². The molecule has 9 atom stereocenters. The van der Waals surface area contributed by atoms with Crippen LogP contribution in [0.5, 0.6) is 0 Å². The summed E-state index contributed by atoms with van der Waals surface area (Å²) in [7, 11) is 0. The van der Waals surface area contributed by atoms with Gasteiger partial charge in [-0.3, -0.25) is 9.59 Å². The number of aliphatic hydroxyl groups is 1. The van der Waals surface area contributed by atoms with Gasteiger partial charge in [0.2, 0.25) is 0 Å². The first-order chi connectivity index (χ1) is 18.5. The highest BCUT2D eigenvalue weighted by molar-refractivity contribution is 6.03. The van der Waals surface area contributed by atoms with Crippen molar-refractivity contribution in [2.75, 3.05) is 6.61 Å². The molecule has 5 aliphatic rings. The molecule has 4 heterocycles. The van der Waals surface area contributed by atoms with E-state index < -0.39 is 35.5 Å². The minimum Gasteiger partial charge on any atom is -0.462 e. The molecule has 3 fully saturated rings. The van der Waals surface area contributed by atoms with Crippen molar-refractivity contribution < 1.29 is 33.6 Å². The van der Waals surface area contributed by atoms with Crippen LogP contribution in [0.25, 0.3) is 0 Å². The number of Topliss-reactive ketones (excluding diaryl/α,β-unsaturated/α-hetero) is 1. The maximum atomic E-state index is 13.8. The number of hydrogen-bond donors (Lipinski definition) is 1. The molecule has 1 aliphatic carbocycles. The van der Waals surface area contributed by atoms with Gasteiger partial charge in [-0.05, 0) is 62.5 Å². The number of carbonyl (C=O) groups excluding carboxylic acids is 2. The third kappa shape index (κ3) is 5.48. The van der Waals surface area contributed by atoms with Gasteiger partial charge in [0.1, 0.15) is 17.6 Å². The van der Waals surface area contributed by atoms with Gasteiger partial charge in [-0.2, -0.15) is 0 Å². The SMILES string of the molecule is CC[C@H]1O[C@]2(CC[C@@H]1C)C[C@@H]1C[C@@H](C/C=C(\C)C[C@@H](C)/C=C/C=C3\CO[C@@H]4C(=O)C(C)=C[C@@H](C(=O)O1)[C@]34O)O2. The molecular weight excluding hydrogens is 496 g/mol. The van der Waals surface area contributed by atoms with Crippen LogP contribution in [0.15, 0.2) is 47.1 Å². The van der Waals surface area contributed by atoms with E-state index in [4.69, 9.17) is 18.9 Å². The molecular formula is C32H44O7. The largest absolute Gasteiger partial charge is 0.462 e. The second-order valence-corrected chi connectivity index (χ2v) is 12.5. The topological polar surface area (TPSA) is 91.3 Å². The van der Waals surface area contributed by atoms with Gasteiger partial charge in [0.05, 0.1) is 18.8 Å². The molecule has 4 aliphatic heterocycles. The van der Waals surface area contributed by atoms with Gasteiger partial charge in [-0.25, -0.2) is 0 Å². The first-order valence-corrected chi connectivity index (χ1v) is 14.7. The summed E-state index contributed by atoms with van der Waals surface area (Å²) in [5.74, 6) is -1.95. The molecule has 39 heavy (non-hydrogen) atoms. The van der Waals surface area contributed by atoms with Crippen LogP contribution in [0, 0.1) is 17.8 Å². The number of rotatable bonds is 1. The van der Waals surface area contributed by atoms with E-state index in [1.165, 1.54) is 5.57 Å². The van der Waals surface area contributed by atoms with Crippen LogP contribution in [-0.2, 0) is 28.5 Å². The lowest BCUT2D eigenvalue weighted by Crippen LogP contribution is -2.57. The number of ether oxygens (including phenoxy) is 4. The minimum absolute atomic E-state index is 0.0857. The fraction of sp³-hybridized carbons (Fsp3) is 0.688. The smallest absolute Gasteiger partial charge is 0.316 e. The lowest BCUT2D eigenvalue weighted by molar-refractivity contribution is -0.335. The molecule has 0 aromatic rings. The summed E-state index contributed by atoms with van der Waals surface area (Å²) < 4.78 is 25.3. The second-order valence-electron chi connectivity index (χ2n) is 12.5. The van der Waals surface area contributed by atoms with Crippen molar-refractivity contribution in [2.45, 2.75) is 115 Å². The van der Waals surface area contributed by atoms with Crippen LogP contribution >= 0.6 is 0 Å². The average Bonchev–Trinajstić information content (AvgIpc) is 3.23. The summed E-state index contributed by atoms with van der Waals surface area (Å²) in [6.45, 7) is 10.4. The number of ketones is 1. The average molecular weight is 541 g/mol. The molecule has 5 rings (SSSR count). The summed E-state index contributed by atoms with van der Waals surface area (Å²) in [6.07, 6.45) is 13.2. The molecule has 0 radical (unpaired) electrons. The van der Waals surface area contributed by atoms with Crippen molar-refractivity contribution in [3.05, 3.63) is 47.1 Å². The van der Waals surface area contributed by atoms with Gasteiger partial charge >= 0.3 is 5.97 Å². The molecule has 7 heteroatoms. The predicted molar refractivity (Wildman–Crippen MR) is 147 cm³/mol. The van der Waals surface area contributed by atoms with Crippen LogP contribution in [0.4, 0.5) is 0 Å². The van der Waals surface area contributed by atoms with Crippen molar-refractivity contribution in [1.29, 1.82) is 0 Å². The maximum Gasteiger partial charge on any atom is 0.316 e. The molecule has 0 amide bonds. The van der Waals surface area contributed by atoms with Crippen molar-refractivity contribution in [3.63, 3.8) is 0 Å². The summed E-state index contributed by atoms with van der Waals surface area (Å²) in [6, 6.07) is 0. The normalized spacial score (nSPS) is 46.8. The molecule has 0 saturated carbocycles. The Kier molecular flexibility index (Phi) is 8.08. The Hall–Kier alpha value is -2.06. The summed E-state index contributed by atoms with van der Waals surface area (Å²) in [5, 5.41) is 12.0. The zero-order valence-corrected chi connectivity index (χ0v) is 24.0. The van der Waals surface area contributed by atoms with Crippen LogP contribution in [0.2, 0.25) is 0 Å².